The minimum atomic E-state index is -1.26. The van der Waals surface area contributed by atoms with Gasteiger partial charge in [-0.3, -0.25) is 0 Å². The minimum Gasteiger partial charge on any atom is -0.329 e. The summed E-state index contributed by atoms with van der Waals surface area (Å²) in [7, 11) is 0. The van der Waals surface area contributed by atoms with Crippen LogP contribution in [0.15, 0.2) is 0 Å². The Morgan fingerprint density at radius 2 is 1.45 bits per heavy atom. The third-order valence-corrected chi connectivity index (χ3v) is 1.41. The van der Waals surface area contributed by atoms with Crippen LogP contribution in [0.1, 0.15) is 6.42 Å². The number of nitrogens with two attached hydrogens (primary N) is 6. The van der Waals surface area contributed by atoms with Gasteiger partial charge >= 0.3 is 0 Å². The van der Waals surface area contributed by atoms with Gasteiger partial charge in [0.25, 0.3) is 0 Å². The summed E-state index contributed by atoms with van der Waals surface area (Å²) in [5, 5.41) is 0. The van der Waals surface area contributed by atoms with Gasteiger partial charge in [-0.25, -0.2) is 0 Å². The van der Waals surface area contributed by atoms with Crippen molar-refractivity contribution in [3.8, 4) is 0 Å². The van der Waals surface area contributed by atoms with Crippen molar-refractivity contribution in [3.05, 3.63) is 0 Å². The summed E-state index contributed by atoms with van der Waals surface area (Å²) in [5.41, 5.74) is 32.3. The molecule has 0 aromatic rings. The van der Waals surface area contributed by atoms with Gasteiger partial charge in [0.05, 0.1) is 0 Å². The molecule has 0 aliphatic heterocycles. The average molecular weight is 162 g/mol. The lowest BCUT2D eigenvalue weighted by atomic mass is 10.0. The van der Waals surface area contributed by atoms with Crippen molar-refractivity contribution < 1.29 is 0 Å². The molecule has 0 bridgehead atoms. The quantitative estimate of drug-likeness (QED) is 0.236. The molecular weight excluding hydrogens is 144 g/mol. The predicted molar refractivity (Wildman–Crippen MR) is 44.9 cm³/mol. The summed E-state index contributed by atoms with van der Waals surface area (Å²) in [6, 6.07) is -0.648. The van der Waals surface area contributed by atoms with Gasteiger partial charge in [-0.1, -0.05) is 0 Å². The maximum atomic E-state index is 5.57. The molecule has 0 aliphatic carbocycles. The summed E-state index contributed by atoms with van der Waals surface area (Å²) in [6.45, 7) is 0.303. The predicted octanol–water partition coefficient (Wildman–Crippen LogP) is -3.48. The molecule has 0 spiro atoms. The van der Waals surface area contributed by atoms with E-state index in [1.54, 1.807) is 0 Å². The molecule has 68 valence electrons. The third-order valence-electron chi connectivity index (χ3n) is 1.41. The van der Waals surface area contributed by atoms with Crippen LogP contribution >= 0.6 is 0 Å². The van der Waals surface area contributed by atoms with Gasteiger partial charge in [-0.15, -0.1) is 0 Å². The maximum absolute atomic E-state index is 5.57. The molecule has 12 N–H and O–H groups in total. The van der Waals surface area contributed by atoms with Crippen molar-refractivity contribution in [2.45, 2.75) is 24.3 Å². The Morgan fingerprint density at radius 1 is 1.00 bits per heavy atom. The third kappa shape index (κ3) is 5.08. The zero-order valence-corrected chi connectivity index (χ0v) is 6.53. The van der Waals surface area contributed by atoms with Crippen molar-refractivity contribution in [3.63, 3.8) is 0 Å². The van der Waals surface area contributed by atoms with Gasteiger partial charge in [0, 0.05) is 25.0 Å². The van der Waals surface area contributed by atoms with Crippen LogP contribution < -0.4 is 34.4 Å². The van der Waals surface area contributed by atoms with Gasteiger partial charge in [0.1, 0.15) is 5.79 Å². The molecule has 6 heteroatoms. The van der Waals surface area contributed by atoms with E-state index in [1.165, 1.54) is 0 Å². The standard InChI is InChI=1S/C5H18N6/c6-2-4(8)3(7)1-5(9,10)11/h3-4H,1-2,6-11H2. The largest absolute Gasteiger partial charge is 0.329 e. The van der Waals surface area contributed by atoms with Crippen molar-refractivity contribution in [2.24, 2.45) is 34.4 Å². The van der Waals surface area contributed by atoms with Crippen LogP contribution in [-0.4, -0.2) is 24.4 Å². The SMILES string of the molecule is NCC(N)C(N)CC(N)(N)N. The van der Waals surface area contributed by atoms with Crippen LogP contribution in [0, 0.1) is 0 Å². The molecule has 0 radical (unpaired) electrons. The van der Waals surface area contributed by atoms with Crippen molar-refractivity contribution in [1.82, 2.24) is 0 Å². The molecule has 0 aliphatic rings. The van der Waals surface area contributed by atoms with Crippen molar-refractivity contribution in [1.29, 1.82) is 0 Å². The van der Waals surface area contributed by atoms with E-state index in [1.807, 2.05) is 0 Å². The second-order valence-electron chi connectivity index (χ2n) is 2.88. The minimum absolute atomic E-state index is 0.255. The van der Waals surface area contributed by atoms with Crippen LogP contribution in [0.5, 0.6) is 0 Å². The first-order valence-electron chi connectivity index (χ1n) is 3.44. The van der Waals surface area contributed by atoms with E-state index >= 15 is 0 Å². The fourth-order valence-corrected chi connectivity index (χ4v) is 0.734. The van der Waals surface area contributed by atoms with Crippen LogP contribution in [0.4, 0.5) is 0 Å². The molecule has 2 unspecified atom stereocenters. The van der Waals surface area contributed by atoms with E-state index < -0.39 is 5.79 Å². The summed E-state index contributed by atoms with van der Waals surface area (Å²) >= 11 is 0. The van der Waals surface area contributed by atoms with E-state index in [0.717, 1.165) is 0 Å². The Bertz CT molecular complexity index is 108. The molecule has 2 atom stereocenters. The van der Waals surface area contributed by atoms with Gasteiger partial charge in [-0.05, 0) is 0 Å². The molecule has 0 aromatic heterocycles. The monoisotopic (exact) mass is 162 g/mol. The first-order valence-corrected chi connectivity index (χ1v) is 3.44. The zero-order chi connectivity index (χ0) is 9.07. The van der Waals surface area contributed by atoms with E-state index in [2.05, 4.69) is 0 Å². The molecule has 0 rings (SSSR count). The Hall–Kier alpha value is -0.240. The fraction of sp³-hybridized carbons (Fsp3) is 1.00. The molecule has 0 aromatic carbocycles. The lowest BCUT2D eigenvalue weighted by molar-refractivity contribution is 0.354. The first kappa shape index (κ1) is 10.8. The van der Waals surface area contributed by atoms with Gasteiger partial charge in [0.2, 0.25) is 0 Å². The second-order valence-corrected chi connectivity index (χ2v) is 2.88. The smallest absolute Gasteiger partial charge is 0.117 e. The summed E-state index contributed by atoms with van der Waals surface area (Å²) in [5.74, 6) is -1.26. The van der Waals surface area contributed by atoms with Crippen LogP contribution in [0.25, 0.3) is 0 Å². The van der Waals surface area contributed by atoms with E-state index in [-0.39, 0.29) is 18.5 Å². The highest BCUT2D eigenvalue weighted by molar-refractivity contribution is 4.83. The van der Waals surface area contributed by atoms with E-state index in [9.17, 15) is 0 Å². The van der Waals surface area contributed by atoms with E-state index in [4.69, 9.17) is 34.4 Å². The molecule has 0 saturated heterocycles. The molecule has 11 heavy (non-hydrogen) atoms. The van der Waals surface area contributed by atoms with Crippen LogP contribution in [-0.2, 0) is 0 Å². The topological polar surface area (TPSA) is 156 Å². The van der Waals surface area contributed by atoms with E-state index in [0.29, 0.717) is 6.54 Å². The summed E-state index contributed by atoms with van der Waals surface area (Å²) in [4.78, 5) is 0. The summed E-state index contributed by atoms with van der Waals surface area (Å²) < 4.78 is 0. The molecule has 0 amide bonds. The second kappa shape index (κ2) is 3.96. The fourth-order valence-electron chi connectivity index (χ4n) is 0.734. The average Bonchev–Trinajstić information content (AvgIpc) is 1.82. The Morgan fingerprint density at radius 3 is 1.73 bits per heavy atom. The number of hydrogen-bond donors (Lipinski definition) is 6. The molecule has 6 nitrogen and oxygen atoms in total. The van der Waals surface area contributed by atoms with Crippen LogP contribution in [0.3, 0.4) is 0 Å². The molecule has 0 saturated carbocycles. The lowest BCUT2D eigenvalue weighted by Crippen LogP contribution is -2.63. The van der Waals surface area contributed by atoms with Crippen molar-refractivity contribution >= 4 is 0 Å². The van der Waals surface area contributed by atoms with Crippen molar-refractivity contribution in [2.75, 3.05) is 6.54 Å². The van der Waals surface area contributed by atoms with Crippen LogP contribution in [0.2, 0.25) is 0 Å². The normalized spacial score (nSPS) is 18.0. The Balaban J connectivity index is 3.77. The number of hydrogen-bond acceptors (Lipinski definition) is 6. The Kier molecular flexibility index (Phi) is 3.87. The zero-order valence-electron chi connectivity index (χ0n) is 6.53. The summed E-state index contributed by atoms with van der Waals surface area (Å²) in [6.07, 6.45) is 0.255. The highest BCUT2D eigenvalue weighted by Gasteiger charge is 2.20. The Labute approximate surface area is 66.2 Å². The van der Waals surface area contributed by atoms with Gasteiger partial charge < -0.3 is 34.4 Å². The number of rotatable bonds is 4. The highest BCUT2D eigenvalue weighted by Crippen LogP contribution is 1.97. The lowest BCUT2D eigenvalue weighted by Gasteiger charge is -2.26. The molecule has 0 fully saturated rings. The van der Waals surface area contributed by atoms with Gasteiger partial charge in [0.15, 0.2) is 0 Å². The first-order chi connectivity index (χ1) is 4.87. The molecular formula is C5H18N6. The highest BCUT2D eigenvalue weighted by atomic mass is 15.1. The maximum Gasteiger partial charge on any atom is 0.117 e. The van der Waals surface area contributed by atoms with Gasteiger partial charge in [-0.2, -0.15) is 0 Å². The molecule has 0 heterocycles.